The minimum Gasteiger partial charge on any atom is -0.454 e. The van der Waals surface area contributed by atoms with Crippen LogP contribution in [0.15, 0.2) is 60.8 Å². The molecular formula is C24H18F4N4O3. The number of rotatable bonds is 4. The van der Waals surface area contributed by atoms with Crippen molar-refractivity contribution >= 4 is 28.5 Å². The number of amides is 2. The maximum atomic E-state index is 15.3. The van der Waals surface area contributed by atoms with Crippen LogP contribution in [-0.2, 0) is 6.18 Å². The van der Waals surface area contributed by atoms with Gasteiger partial charge in [0.1, 0.15) is 11.4 Å². The fraction of sp³-hybridized carbons (Fsp3) is 0.125. The molecule has 180 valence electrons. The summed E-state index contributed by atoms with van der Waals surface area (Å²) in [5, 5.41) is 4.91. The van der Waals surface area contributed by atoms with E-state index in [0.29, 0.717) is 5.69 Å². The lowest BCUT2D eigenvalue weighted by Gasteiger charge is -2.12. The molecule has 0 atom stereocenters. The Bertz CT molecular complexity index is 1450. The van der Waals surface area contributed by atoms with Gasteiger partial charge in [-0.2, -0.15) is 13.2 Å². The van der Waals surface area contributed by atoms with Crippen LogP contribution in [-0.4, -0.2) is 28.5 Å². The highest BCUT2D eigenvalue weighted by molar-refractivity contribution is 6.00. The molecule has 2 aromatic heterocycles. The fourth-order valence-electron chi connectivity index (χ4n) is 3.51. The minimum absolute atomic E-state index is 0.0592. The van der Waals surface area contributed by atoms with E-state index in [1.165, 1.54) is 55.7 Å². The lowest BCUT2D eigenvalue weighted by Crippen LogP contribution is -2.20. The number of anilines is 1. The molecule has 7 nitrogen and oxygen atoms in total. The second-order valence-corrected chi connectivity index (χ2v) is 7.50. The van der Waals surface area contributed by atoms with E-state index in [2.05, 4.69) is 15.6 Å². The van der Waals surface area contributed by atoms with E-state index in [1.807, 2.05) is 0 Å². The predicted molar refractivity (Wildman–Crippen MR) is 120 cm³/mol. The maximum absolute atomic E-state index is 15.3. The van der Waals surface area contributed by atoms with Gasteiger partial charge in [-0.05, 0) is 49.4 Å². The number of hydrogen-bond acceptors (Lipinski definition) is 4. The quantitative estimate of drug-likeness (QED) is 0.361. The second kappa shape index (κ2) is 9.09. The van der Waals surface area contributed by atoms with Crippen LogP contribution in [0, 0.1) is 12.7 Å². The molecule has 0 saturated heterocycles. The number of fused-ring (bicyclic) bond motifs is 1. The number of nitrogens with zero attached hydrogens (tertiary/aromatic N) is 2. The molecule has 11 heteroatoms. The molecule has 2 aromatic carbocycles. The van der Waals surface area contributed by atoms with E-state index >= 15 is 4.39 Å². The van der Waals surface area contributed by atoms with Crippen molar-refractivity contribution in [3.8, 4) is 11.5 Å². The molecule has 0 saturated carbocycles. The first-order valence-electron chi connectivity index (χ1n) is 10.2. The highest BCUT2D eigenvalue weighted by Crippen LogP contribution is 2.33. The first kappa shape index (κ1) is 23.7. The Balaban J connectivity index is 1.64. The zero-order chi connectivity index (χ0) is 25.3. The van der Waals surface area contributed by atoms with Crippen molar-refractivity contribution in [2.45, 2.75) is 13.1 Å². The third-order valence-electron chi connectivity index (χ3n) is 5.13. The number of aryl methyl sites for hydroxylation is 1. The molecule has 4 aromatic rings. The van der Waals surface area contributed by atoms with Crippen LogP contribution in [0.25, 0.3) is 10.9 Å². The van der Waals surface area contributed by atoms with Crippen LogP contribution >= 0.6 is 0 Å². The van der Waals surface area contributed by atoms with Gasteiger partial charge >= 0.3 is 12.2 Å². The van der Waals surface area contributed by atoms with Crippen LogP contribution in [0.4, 0.5) is 28.0 Å². The highest BCUT2D eigenvalue weighted by atomic mass is 19.4. The van der Waals surface area contributed by atoms with E-state index < -0.39 is 29.5 Å². The van der Waals surface area contributed by atoms with Gasteiger partial charge in [0.2, 0.25) is 0 Å². The number of carbonyl (C=O) groups is 2. The SMILES string of the molecule is CNC(=O)c1cc(Oc2ccc3c(cc(C)n3C(=O)Nc3cccc(C(F)(F)F)c3)c2F)ccn1. The van der Waals surface area contributed by atoms with Gasteiger partial charge in [-0.1, -0.05) is 6.07 Å². The van der Waals surface area contributed by atoms with E-state index in [9.17, 15) is 22.8 Å². The number of halogens is 4. The van der Waals surface area contributed by atoms with Gasteiger partial charge in [0, 0.05) is 36.1 Å². The van der Waals surface area contributed by atoms with Crippen LogP contribution in [0.5, 0.6) is 11.5 Å². The first-order valence-corrected chi connectivity index (χ1v) is 10.2. The number of carbonyl (C=O) groups excluding carboxylic acids is 2. The summed E-state index contributed by atoms with van der Waals surface area (Å²) in [4.78, 5) is 28.5. The molecule has 2 N–H and O–H groups in total. The van der Waals surface area contributed by atoms with Crippen LogP contribution < -0.4 is 15.4 Å². The molecule has 0 unspecified atom stereocenters. The number of ether oxygens (including phenoxy) is 1. The molecule has 0 radical (unpaired) electrons. The Labute approximate surface area is 196 Å². The van der Waals surface area contributed by atoms with Gasteiger partial charge in [0.15, 0.2) is 11.6 Å². The zero-order valence-corrected chi connectivity index (χ0v) is 18.4. The third-order valence-corrected chi connectivity index (χ3v) is 5.13. The van der Waals surface area contributed by atoms with E-state index in [1.54, 1.807) is 6.92 Å². The molecule has 0 aliphatic carbocycles. The topological polar surface area (TPSA) is 85.2 Å². The standard InChI is InChI=1S/C24H18F4N4O3/c1-13-10-17-19(32(13)23(34)31-15-5-3-4-14(11-15)24(26,27)28)6-7-20(21(17)25)35-16-8-9-30-18(12-16)22(33)29-2/h3-12H,1-2H3,(H,29,33)(H,31,34). The highest BCUT2D eigenvalue weighted by Gasteiger charge is 2.30. The second-order valence-electron chi connectivity index (χ2n) is 7.50. The summed E-state index contributed by atoms with van der Waals surface area (Å²) in [5.74, 6) is -1.17. The molecule has 2 amide bonds. The van der Waals surface area contributed by atoms with Crippen molar-refractivity contribution < 1.29 is 31.9 Å². The van der Waals surface area contributed by atoms with Crippen molar-refractivity contribution in [2.75, 3.05) is 12.4 Å². The van der Waals surface area contributed by atoms with E-state index in [0.717, 1.165) is 16.7 Å². The van der Waals surface area contributed by atoms with Gasteiger partial charge in [0.25, 0.3) is 5.91 Å². The smallest absolute Gasteiger partial charge is 0.416 e. The van der Waals surface area contributed by atoms with Crippen molar-refractivity contribution in [3.05, 3.63) is 83.6 Å². The van der Waals surface area contributed by atoms with Gasteiger partial charge in [-0.15, -0.1) is 0 Å². The molecule has 35 heavy (non-hydrogen) atoms. The van der Waals surface area contributed by atoms with Gasteiger partial charge in [-0.25, -0.2) is 9.18 Å². The molecule has 0 fully saturated rings. The Kier molecular flexibility index (Phi) is 6.16. The lowest BCUT2D eigenvalue weighted by atomic mass is 10.2. The van der Waals surface area contributed by atoms with E-state index in [-0.39, 0.29) is 33.8 Å². The fourth-order valence-corrected chi connectivity index (χ4v) is 3.51. The Morgan fingerprint density at radius 3 is 2.54 bits per heavy atom. The molecule has 0 aliphatic heterocycles. The summed E-state index contributed by atoms with van der Waals surface area (Å²) in [6, 6.07) is 10.4. The molecular weight excluding hydrogens is 468 g/mol. The largest absolute Gasteiger partial charge is 0.454 e. The summed E-state index contributed by atoms with van der Waals surface area (Å²) in [7, 11) is 1.45. The first-order chi connectivity index (χ1) is 16.6. The molecule has 0 aliphatic rings. The van der Waals surface area contributed by atoms with Gasteiger partial charge in [-0.3, -0.25) is 14.3 Å². The van der Waals surface area contributed by atoms with Gasteiger partial charge < -0.3 is 15.4 Å². The molecule has 0 spiro atoms. The lowest BCUT2D eigenvalue weighted by molar-refractivity contribution is -0.137. The summed E-state index contributed by atoms with van der Waals surface area (Å²) < 4.78 is 60.9. The zero-order valence-electron chi connectivity index (χ0n) is 18.4. The van der Waals surface area contributed by atoms with Crippen molar-refractivity contribution in [1.82, 2.24) is 14.9 Å². The van der Waals surface area contributed by atoms with Crippen LogP contribution in [0.2, 0.25) is 0 Å². The number of hydrogen-bond donors (Lipinski definition) is 2. The summed E-state index contributed by atoms with van der Waals surface area (Å²) in [5.41, 5.74) is -0.340. The number of nitrogens with one attached hydrogen (secondary N) is 2. The number of alkyl halides is 3. The summed E-state index contributed by atoms with van der Waals surface area (Å²) in [6.45, 7) is 1.56. The summed E-state index contributed by atoms with van der Waals surface area (Å²) >= 11 is 0. The Hall–Kier alpha value is -4.41. The van der Waals surface area contributed by atoms with Crippen molar-refractivity contribution in [2.24, 2.45) is 0 Å². The third kappa shape index (κ3) is 4.79. The molecule has 4 rings (SSSR count). The average molecular weight is 486 g/mol. The minimum atomic E-state index is -4.56. The average Bonchev–Trinajstić information content (AvgIpc) is 3.17. The van der Waals surface area contributed by atoms with Gasteiger partial charge in [0.05, 0.1) is 11.1 Å². The number of pyridine rings is 1. The monoisotopic (exact) mass is 486 g/mol. The Morgan fingerprint density at radius 2 is 1.83 bits per heavy atom. The van der Waals surface area contributed by atoms with Crippen molar-refractivity contribution in [3.63, 3.8) is 0 Å². The number of aromatic nitrogens is 2. The van der Waals surface area contributed by atoms with E-state index in [4.69, 9.17) is 4.74 Å². The summed E-state index contributed by atoms with van der Waals surface area (Å²) in [6.07, 6.45) is -3.22. The Morgan fingerprint density at radius 1 is 1.06 bits per heavy atom. The number of benzene rings is 2. The van der Waals surface area contributed by atoms with Crippen LogP contribution in [0.1, 0.15) is 21.7 Å². The normalized spacial score (nSPS) is 11.4. The molecule has 0 bridgehead atoms. The maximum Gasteiger partial charge on any atom is 0.416 e. The molecule has 2 heterocycles. The van der Waals surface area contributed by atoms with Crippen molar-refractivity contribution in [1.29, 1.82) is 0 Å². The predicted octanol–water partition coefficient (Wildman–Crippen LogP) is 5.73. The van der Waals surface area contributed by atoms with Crippen LogP contribution in [0.3, 0.4) is 0 Å².